The van der Waals surface area contributed by atoms with Gasteiger partial charge in [0.25, 0.3) is 0 Å². The summed E-state index contributed by atoms with van der Waals surface area (Å²) < 4.78 is 27.5. The van der Waals surface area contributed by atoms with Crippen LogP contribution in [0.25, 0.3) is 11.1 Å². The molecular weight excluding hydrogens is 344 g/mol. The molecule has 3 rings (SSSR count). The van der Waals surface area contributed by atoms with E-state index in [1.54, 1.807) is 16.4 Å². The number of hydrogen-bond acceptors (Lipinski definition) is 3. The van der Waals surface area contributed by atoms with Gasteiger partial charge in [-0.15, -0.1) is 12.4 Å². The lowest BCUT2D eigenvalue weighted by atomic mass is 10.1. The standard InChI is InChI=1S/C18H22N2O2S.ClH/c1-19-17-10-6-12-20(14-17)23(21,22)18-11-5-9-16(13-18)15-7-3-2-4-8-15;/h2-5,7-9,11,13,17,19H,6,10,12,14H2,1H3;1H. The van der Waals surface area contributed by atoms with E-state index in [0.29, 0.717) is 18.0 Å². The lowest BCUT2D eigenvalue weighted by Gasteiger charge is -2.31. The lowest BCUT2D eigenvalue weighted by Crippen LogP contribution is -2.46. The van der Waals surface area contributed by atoms with Crippen LogP contribution in [0.5, 0.6) is 0 Å². The van der Waals surface area contributed by atoms with Crippen LogP contribution in [0.3, 0.4) is 0 Å². The van der Waals surface area contributed by atoms with Gasteiger partial charge in [0.2, 0.25) is 10.0 Å². The van der Waals surface area contributed by atoms with Crippen molar-refractivity contribution < 1.29 is 8.42 Å². The molecule has 1 fully saturated rings. The van der Waals surface area contributed by atoms with E-state index in [1.807, 2.05) is 49.5 Å². The van der Waals surface area contributed by atoms with Gasteiger partial charge in [-0.2, -0.15) is 4.31 Å². The van der Waals surface area contributed by atoms with Crippen LogP contribution in [-0.2, 0) is 10.0 Å². The minimum atomic E-state index is -3.44. The van der Waals surface area contributed by atoms with Crippen molar-refractivity contribution in [3.05, 3.63) is 54.6 Å². The van der Waals surface area contributed by atoms with Crippen LogP contribution in [0.4, 0.5) is 0 Å². The Bertz CT molecular complexity index is 766. The molecular formula is C18H23ClN2O2S. The second-order valence-electron chi connectivity index (χ2n) is 5.88. The van der Waals surface area contributed by atoms with Gasteiger partial charge < -0.3 is 5.32 Å². The molecule has 130 valence electrons. The number of halogens is 1. The Labute approximate surface area is 150 Å². The van der Waals surface area contributed by atoms with Crippen LogP contribution in [0, 0.1) is 0 Å². The van der Waals surface area contributed by atoms with Gasteiger partial charge >= 0.3 is 0 Å². The number of nitrogens with zero attached hydrogens (tertiary/aromatic N) is 1. The molecule has 1 N–H and O–H groups in total. The van der Waals surface area contributed by atoms with Gasteiger partial charge in [0.05, 0.1) is 4.90 Å². The summed E-state index contributed by atoms with van der Waals surface area (Å²) in [7, 11) is -1.56. The molecule has 0 saturated carbocycles. The predicted octanol–water partition coefficient (Wildman–Crippen LogP) is 3.15. The fourth-order valence-corrected chi connectivity index (χ4v) is 4.58. The highest BCUT2D eigenvalue weighted by Crippen LogP contribution is 2.25. The van der Waals surface area contributed by atoms with Gasteiger partial charge in [-0.25, -0.2) is 8.42 Å². The van der Waals surface area contributed by atoms with Crippen molar-refractivity contribution in [3.63, 3.8) is 0 Å². The average molecular weight is 367 g/mol. The average Bonchev–Trinajstić information content (AvgIpc) is 2.62. The summed E-state index contributed by atoms with van der Waals surface area (Å²) in [6.07, 6.45) is 1.91. The van der Waals surface area contributed by atoms with Crippen molar-refractivity contribution in [2.75, 3.05) is 20.1 Å². The first-order valence-electron chi connectivity index (χ1n) is 7.94. The first-order chi connectivity index (χ1) is 11.1. The molecule has 2 aromatic rings. The van der Waals surface area contributed by atoms with Gasteiger partial charge in [-0.1, -0.05) is 42.5 Å². The Morgan fingerprint density at radius 3 is 2.46 bits per heavy atom. The zero-order chi connectivity index (χ0) is 16.3. The third kappa shape index (κ3) is 3.98. The Hall–Kier alpha value is -1.40. The second kappa shape index (κ2) is 8.12. The number of rotatable bonds is 4. The van der Waals surface area contributed by atoms with Crippen LogP contribution < -0.4 is 5.32 Å². The lowest BCUT2D eigenvalue weighted by molar-refractivity contribution is 0.293. The molecule has 0 bridgehead atoms. The molecule has 0 radical (unpaired) electrons. The fourth-order valence-electron chi connectivity index (χ4n) is 3.01. The molecule has 1 heterocycles. The number of nitrogens with one attached hydrogen (secondary N) is 1. The Kier molecular flexibility index (Phi) is 6.40. The highest BCUT2D eigenvalue weighted by atomic mass is 35.5. The van der Waals surface area contributed by atoms with Crippen molar-refractivity contribution in [1.82, 2.24) is 9.62 Å². The zero-order valence-corrected chi connectivity index (χ0v) is 15.3. The summed E-state index contributed by atoms with van der Waals surface area (Å²) in [6.45, 7) is 1.13. The molecule has 0 aliphatic carbocycles. The van der Waals surface area contributed by atoms with Crippen LogP contribution in [0.1, 0.15) is 12.8 Å². The van der Waals surface area contributed by atoms with E-state index in [2.05, 4.69) is 5.32 Å². The maximum Gasteiger partial charge on any atom is 0.243 e. The van der Waals surface area contributed by atoms with Crippen molar-refractivity contribution in [2.24, 2.45) is 0 Å². The quantitative estimate of drug-likeness (QED) is 0.904. The Balaban J connectivity index is 0.00000208. The minimum Gasteiger partial charge on any atom is -0.316 e. The van der Waals surface area contributed by atoms with Crippen LogP contribution >= 0.6 is 12.4 Å². The highest BCUT2D eigenvalue weighted by molar-refractivity contribution is 7.89. The third-order valence-electron chi connectivity index (χ3n) is 4.37. The molecule has 6 heteroatoms. The minimum absolute atomic E-state index is 0. The van der Waals surface area contributed by atoms with Crippen LogP contribution in [-0.4, -0.2) is 38.9 Å². The number of benzene rings is 2. The fraction of sp³-hybridized carbons (Fsp3) is 0.333. The normalized spacial score (nSPS) is 18.8. The van der Waals surface area contributed by atoms with Crippen LogP contribution in [0.15, 0.2) is 59.5 Å². The summed E-state index contributed by atoms with van der Waals surface area (Å²) in [5, 5.41) is 3.19. The number of sulfonamides is 1. The highest BCUT2D eigenvalue weighted by Gasteiger charge is 2.29. The molecule has 1 aliphatic rings. The summed E-state index contributed by atoms with van der Waals surface area (Å²) in [4.78, 5) is 0.371. The monoisotopic (exact) mass is 366 g/mol. The smallest absolute Gasteiger partial charge is 0.243 e. The summed E-state index contributed by atoms with van der Waals surface area (Å²) in [5.74, 6) is 0. The van der Waals surface area contributed by atoms with Gasteiger partial charge in [0, 0.05) is 19.1 Å². The predicted molar refractivity (Wildman–Crippen MR) is 100.0 cm³/mol. The van der Waals surface area contributed by atoms with E-state index in [1.165, 1.54) is 0 Å². The molecule has 2 aromatic carbocycles. The molecule has 0 aromatic heterocycles. The maximum absolute atomic E-state index is 12.9. The maximum atomic E-state index is 12.9. The summed E-state index contributed by atoms with van der Waals surface area (Å²) in [6, 6.07) is 17.3. The van der Waals surface area contributed by atoms with E-state index >= 15 is 0 Å². The van der Waals surface area contributed by atoms with Gasteiger partial charge in [-0.05, 0) is 43.1 Å². The van der Waals surface area contributed by atoms with E-state index in [0.717, 1.165) is 24.0 Å². The first-order valence-corrected chi connectivity index (χ1v) is 9.38. The van der Waals surface area contributed by atoms with E-state index in [4.69, 9.17) is 0 Å². The Morgan fingerprint density at radius 1 is 1.04 bits per heavy atom. The molecule has 1 unspecified atom stereocenters. The number of likely N-dealkylation sites (N-methyl/N-ethyl adjacent to an activating group) is 1. The Morgan fingerprint density at radius 2 is 1.75 bits per heavy atom. The van der Waals surface area contributed by atoms with Crippen molar-refractivity contribution in [2.45, 2.75) is 23.8 Å². The van der Waals surface area contributed by atoms with Gasteiger partial charge in [0.1, 0.15) is 0 Å². The molecule has 1 atom stereocenters. The first kappa shape index (κ1) is 18.9. The molecule has 4 nitrogen and oxygen atoms in total. The molecule has 0 amide bonds. The van der Waals surface area contributed by atoms with Gasteiger partial charge in [0.15, 0.2) is 0 Å². The van der Waals surface area contributed by atoms with E-state index in [-0.39, 0.29) is 18.4 Å². The molecule has 1 aliphatic heterocycles. The number of hydrogen-bond donors (Lipinski definition) is 1. The third-order valence-corrected chi connectivity index (χ3v) is 6.23. The molecule has 24 heavy (non-hydrogen) atoms. The SMILES string of the molecule is CNC1CCCN(S(=O)(=O)c2cccc(-c3ccccc3)c2)C1.Cl. The topological polar surface area (TPSA) is 49.4 Å². The molecule has 0 spiro atoms. The van der Waals surface area contributed by atoms with Gasteiger partial charge in [-0.3, -0.25) is 0 Å². The summed E-state index contributed by atoms with van der Waals surface area (Å²) in [5.41, 5.74) is 1.95. The number of piperidine rings is 1. The van der Waals surface area contributed by atoms with Crippen LogP contribution in [0.2, 0.25) is 0 Å². The molecule has 1 saturated heterocycles. The van der Waals surface area contributed by atoms with Crippen molar-refractivity contribution in [3.8, 4) is 11.1 Å². The van der Waals surface area contributed by atoms with E-state index in [9.17, 15) is 8.42 Å². The summed E-state index contributed by atoms with van der Waals surface area (Å²) >= 11 is 0. The zero-order valence-electron chi connectivity index (χ0n) is 13.7. The second-order valence-corrected chi connectivity index (χ2v) is 7.82. The largest absolute Gasteiger partial charge is 0.316 e. The van der Waals surface area contributed by atoms with E-state index < -0.39 is 10.0 Å². The van der Waals surface area contributed by atoms with Crippen molar-refractivity contribution in [1.29, 1.82) is 0 Å². The van der Waals surface area contributed by atoms with Crippen molar-refractivity contribution >= 4 is 22.4 Å².